The van der Waals surface area contributed by atoms with Gasteiger partial charge in [0, 0.05) is 42.6 Å². The zero-order valence-corrected chi connectivity index (χ0v) is 20.2. The number of fused-ring (bicyclic) bond motifs is 1. The molecule has 180 valence electrons. The molecule has 10 heteroatoms. The van der Waals surface area contributed by atoms with Gasteiger partial charge in [0.2, 0.25) is 11.8 Å². The number of hydrogen-bond donors (Lipinski definition) is 1. The third kappa shape index (κ3) is 4.99. The van der Waals surface area contributed by atoms with Gasteiger partial charge >= 0.3 is 0 Å². The summed E-state index contributed by atoms with van der Waals surface area (Å²) in [6.45, 7) is 3.26. The fraction of sp³-hybridized carbons (Fsp3) is 0.400. The van der Waals surface area contributed by atoms with Crippen LogP contribution < -0.4 is 10.1 Å². The van der Waals surface area contributed by atoms with Crippen LogP contribution in [-0.2, 0) is 34.0 Å². The second kappa shape index (κ2) is 9.87. The molecule has 0 aliphatic carbocycles. The molecule has 3 amide bonds. The summed E-state index contributed by atoms with van der Waals surface area (Å²) in [6, 6.07) is 13.5. The number of hydrogen-bond acceptors (Lipinski definition) is 6. The van der Waals surface area contributed by atoms with Crippen molar-refractivity contribution in [2.45, 2.75) is 50.5 Å². The highest BCUT2D eigenvalue weighted by molar-refractivity contribution is 6.13. The Kier molecular flexibility index (Phi) is 6.67. The molecule has 35 heavy (non-hydrogen) atoms. The summed E-state index contributed by atoms with van der Waals surface area (Å²) < 4.78 is 11.8. The Morgan fingerprint density at radius 2 is 1.83 bits per heavy atom. The first kappa shape index (κ1) is 23.6. The van der Waals surface area contributed by atoms with Crippen molar-refractivity contribution in [3.05, 3.63) is 64.7 Å². The molecule has 3 unspecified atom stereocenters. The number of amides is 3. The molecule has 0 aromatic heterocycles. The van der Waals surface area contributed by atoms with Crippen LogP contribution in [0.1, 0.15) is 39.9 Å². The number of rotatable bonds is 6. The second-order valence-corrected chi connectivity index (χ2v) is 9.71. The van der Waals surface area contributed by atoms with E-state index in [1.165, 1.54) is 5.56 Å². The first-order chi connectivity index (χ1) is 16.9. The van der Waals surface area contributed by atoms with Gasteiger partial charge in [-0.25, -0.2) is 0 Å². The van der Waals surface area contributed by atoms with Gasteiger partial charge in [-0.05, 0) is 29.7 Å². The van der Waals surface area contributed by atoms with E-state index in [0.29, 0.717) is 36.8 Å². The minimum absolute atomic E-state index is 0.198. The number of carbonyl (C=O) groups excluding carboxylic acids is 3. The Hall–Kier alpha value is -3.10. The molecule has 2 fully saturated rings. The molecular formula is C25H29B2N3O5. The minimum atomic E-state index is -0.634. The summed E-state index contributed by atoms with van der Waals surface area (Å²) in [4.78, 5) is 40.8. The molecule has 5 rings (SSSR count). The standard InChI is InChI=1S/C25H29B2N3O5/c26-21-14-35-22(27)12-29(21)10-15-4-6-16(7-5-15)13-34-20-3-1-2-17-18(20)11-30(25(17)33)19-8-9-23(31)28-24(19)32/h1-7,19,21-22H,8-14,26-27H2,(H,28,31,32). The number of nitrogens with one attached hydrogen (secondary N) is 1. The maximum absolute atomic E-state index is 13.0. The first-order valence-electron chi connectivity index (χ1n) is 12.2. The van der Waals surface area contributed by atoms with Crippen LogP contribution in [0.4, 0.5) is 0 Å². The predicted molar refractivity (Wildman–Crippen MR) is 134 cm³/mol. The van der Waals surface area contributed by atoms with E-state index in [1.54, 1.807) is 17.0 Å². The van der Waals surface area contributed by atoms with Crippen molar-refractivity contribution in [3.8, 4) is 5.75 Å². The number of morpholine rings is 1. The Labute approximate surface area is 206 Å². The molecule has 2 saturated heterocycles. The van der Waals surface area contributed by atoms with Gasteiger partial charge < -0.3 is 19.3 Å². The molecule has 3 heterocycles. The number of imide groups is 1. The van der Waals surface area contributed by atoms with Gasteiger partial charge in [0.15, 0.2) is 0 Å². The van der Waals surface area contributed by atoms with Crippen LogP contribution >= 0.6 is 0 Å². The lowest BCUT2D eigenvalue weighted by Gasteiger charge is -2.37. The molecule has 1 N–H and O–H groups in total. The molecule has 2 aromatic rings. The molecule has 0 radical (unpaired) electrons. The van der Waals surface area contributed by atoms with Crippen molar-refractivity contribution in [1.82, 2.24) is 15.1 Å². The van der Waals surface area contributed by atoms with Crippen LogP contribution in [0.25, 0.3) is 0 Å². The third-order valence-electron chi connectivity index (χ3n) is 7.08. The monoisotopic (exact) mass is 473 g/mol. The largest absolute Gasteiger partial charge is 0.489 e. The summed E-state index contributed by atoms with van der Waals surface area (Å²) in [7, 11) is 4.30. The maximum atomic E-state index is 13.0. The first-order valence-corrected chi connectivity index (χ1v) is 12.2. The minimum Gasteiger partial charge on any atom is -0.489 e. The van der Waals surface area contributed by atoms with Crippen LogP contribution in [0.3, 0.4) is 0 Å². The van der Waals surface area contributed by atoms with E-state index in [0.717, 1.165) is 30.8 Å². The van der Waals surface area contributed by atoms with Crippen molar-refractivity contribution in [1.29, 1.82) is 0 Å². The van der Waals surface area contributed by atoms with Gasteiger partial charge in [0.25, 0.3) is 5.91 Å². The Balaban J connectivity index is 1.22. The van der Waals surface area contributed by atoms with Crippen LogP contribution in [0, 0.1) is 0 Å². The predicted octanol–water partition coefficient (Wildman–Crippen LogP) is -0.223. The molecular weight excluding hydrogens is 444 g/mol. The average Bonchev–Trinajstić information content (AvgIpc) is 3.18. The molecule has 3 aliphatic rings. The third-order valence-corrected chi connectivity index (χ3v) is 7.08. The molecule has 8 nitrogen and oxygen atoms in total. The number of ether oxygens (including phenoxy) is 2. The highest BCUT2D eigenvalue weighted by atomic mass is 16.5. The van der Waals surface area contributed by atoms with Gasteiger partial charge in [-0.1, -0.05) is 30.3 Å². The van der Waals surface area contributed by atoms with Gasteiger partial charge in [-0.15, -0.1) is 0 Å². The highest BCUT2D eigenvalue weighted by Gasteiger charge is 2.40. The quantitative estimate of drug-likeness (QED) is 0.461. The molecule has 3 atom stereocenters. The topological polar surface area (TPSA) is 88.2 Å². The number of carbonyl (C=O) groups is 3. The van der Waals surface area contributed by atoms with E-state index in [9.17, 15) is 14.4 Å². The van der Waals surface area contributed by atoms with E-state index < -0.39 is 11.9 Å². The molecule has 0 bridgehead atoms. The van der Waals surface area contributed by atoms with E-state index in [1.807, 2.05) is 6.07 Å². The second-order valence-electron chi connectivity index (χ2n) is 9.71. The summed E-state index contributed by atoms with van der Waals surface area (Å²) in [5, 5.41) is 2.34. The van der Waals surface area contributed by atoms with Crippen molar-refractivity contribution < 1.29 is 23.9 Å². The normalized spacial score (nSPS) is 24.9. The lowest BCUT2D eigenvalue weighted by atomic mass is 9.89. The summed E-state index contributed by atoms with van der Waals surface area (Å²) in [5.41, 5.74) is 3.63. The van der Waals surface area contributed by atoms with Gasteiger partial charge in [0.05, 0.1) is 13.2 Å². The summed E-state index contributed by atoms with van der Waals surface area (Å²) >= 11 is 0. The van der Waals surface area contributed by atoms with E-state index in [2.05, 4.69) is 50.2 Å². The van der Waals surface area contributed by atoms with E-state index in [-0.39, 0.29) is 24.2 Å². The van der Waals surface area contributed by atoms with Crippen LogP contribution in [0.15, 0.2) is 42.5 Å². The van der Waals surface area contributed by atoms with Crippen LogP contribution in [0.2, 0.25) is 0 Å². The molecule has 2 aromatic carbocycles. The summed E-state index contributed by atoms with van der Waals surface area (Å²) in [6.07, 6.45) is 0.578. The van der Waals surface area contributed by atoms with Crippen LogP contribution in [0.5, 0.6) is 5.75 Å². The average molecular weight is 473 g/mol. The lowest BCUT2D eigenvalue weighted by molar-refractivity contribution is -0.136. The SMILES string of the molecule is BC1CN(Cc2ccc(COc3cccc4c3CN(C3CCC(=O)NC3=O)C4=O)cc2)C(B)CO1. The van der Waals surface area contributed by atoms with E-state index >= 15 is 0 Å². The Morgan fingerprint density at radius 3 is 2.60 bits per heavy atom. The smallest absolute Gasteiger partial charge is 0.255 e. The molecule has 0 spiro atoms. The summed E-state index contributed by atoms with van der Waals surface area (Å²) in [5.74, 6) is 0.143. The fourth-order valence-corrected chi connectivity index (χ4v) is 5.02. The Bertz CT molecular complexity index is 1140. The maximum Gasteiger partial charge on any atom is 0.255 e. The van der Waals surface area contributed by atoms with E-state index in [4.69, 9.17) is 9.47 Å². The van der Waals surface area contributed by atoms with Crippen molar-refractivity contribution in [2.24, 2.45) is 0 Å². The van der Waals surface area contributed by atoms with Gasteiger partial charge in [-0.3, -0.25) is 19.7 Å². The lowest BCUT2D eigenvalue weighted by Crippen LogP contribution is -2.52. The number of benzene rings is 2. The molecule has 3 aliphatic heterocycles. The van der Waals surface area contributed by atoms with Crippen molar-refractivity contribution in [2.75, 3.05) is 13.2 Å². The van der Waals surface area contributed by atoms with Crippen molar-refractivity contribution >= 4 is 33.4 Å². The van der Waals surface area contributed by atoms with Crippen molar-refractivity contribution in [3.63, 3.8) is 0 Å². The van der Waals surface area contributed by atoms with Gasteiger partial charge in [0.1, 0.15) is 34.1 Å². The zero-order valence-electron chi connectivity index (χ0n) is 20.2. The fourth-order valence-electron chi connectivity index (χ4n) is 5.02. The van der Waals surface area contributed by atoms with Gasteiger partial charge in [-0.2, -0.15) is 0 Å². The number of nitrogens with zero attached hydrogens (tertiary/aromatic N) is 2. The van der Waals surface area contributed by atoms with Crippen LogP contribution in [-0.4, -0.2) is 74.4 Å². The highest BCUT2D eigenvalue weighted by Crippen LogP contribution is 2.34. The Morgan fingerprint density at radius 1 is 1.06 bits per heavy atom. The molecule has 0 saturated carbocycles. The zero-order chi connectivity index (χ0) is 24.5. The number of piperidine rings is 1.